The van der Waals surface area contributed by atoms with E-state index in [2.05, 4.69) is 17.9 Å². The lowest BCUT2D eigenvalue weighted by molar-refractivity contribution is -0.143. The predicted molar refractivity (Wildman–Crippen MR) is 120 cm³/mol. The number of hydrogen-bond acceptors (Lipinski definition) is 5. The van der Waals surface area contributed by atoms with Gasteiger partial charge in [0.1, 0.15) is 5.60 Å². The van der Waals surface area contributed by atoms with Crippen LogP contribution in [-0.4, -0.2) is 47.3 Å². The number of carbonyl (C=O) groups excluding carboxylic acids is 2. The fourth-order valence-electron chi connectivity index (χ4n) is 5.45. The van der Waals surface area contributed by atoms with E-state index in [4.69, 9.17) is 9.47 Å². The molecule has 4 rings (SSSR count). The largest absolute Gasteiger partial charge is 0.469 e. The molecule has 1 saturated heterocycles. The van der Waals surface area contributed by atoms with E-state index >= 15 is 0 Å². The number of piperidine rings is 1. The smallest absolute Gasteiger partial charge is 0.419 e. The molecule has 6 heteroatoms. The van der Waals surface area contributed by atoms with Gasteiger partial charge in [0.25, 0.3) is 0 Å². The van der Waals surface area contributed by atoms with Crippen LogP contribution in [0.1, 0.15) is 64.3 Å². The summed E-state index contributed by atoms with van der Waals surface area (Å²) in [6, 6.07) is 8.21. The zero-order chi connectivity index (χ0) is 22.3. The van der Waals surface area contributed by atoms with Crippen molar-refractivity contribution in [1.29, 1.82) is 0 Å². The van der Waals surface area contributed by atoms with Crippen LogP contribution in [0.4, 0.5) is 4.79 Å². The molecule has 0 amide bonds. The number of para-hydroxylation sites is 1. The maximum Gasteiger partial charge on any atom is 0.419 e. The number of esters is 1. The van der Waals surface area contributed by atoms with E-state index in [1.54, 1.807) is 4.57 Å². The van der Waals surface area contributed by atoms with E-state index in [1.807, 2.05) is 39.0 Å². The van der Waals surface area contributed by atoms with Crippen molar-refractivity contribution < 1.29 is 19.1 Å². The molecule has 6 nitrogen and oxygen atoms in total. The summed E-state index contributed by atoms with van der Waals surface area (Å²) < 4.78 is 12.6. The fourth-order valence-corrected chi connectivity index (χ4v) is 5.45. The zero-order valence-electron chi connectivity index (χ0n) is 19.3. The first-order chi connectivity index (χ1) is 14.7. The van der Waals surface area contributed by atoms with Gasteiger partial charge in [-0.15, -0.1) is 0 Å². The molecule has 1 aromatic heterocycles. The van der Waals surface area contributed by atoms with Gasteiger partial charge in [-0.3, -0.25) is 9.69 Å². The number of hydrogen-bond donors (Lipinski definition) is 0. The van der Waals surface area contributed by atoms with Gasteiger partial charge < -0.3 is 9.47 Å². The van der Waals surface area contributed by atoms with Crippen LogP contribution in [0.25, 0.3) is 10.9 Å². The highest BCUT2D eigenvalue weighted by molar-refractivity contribution is 5.94. The summed E-state index contributed by atoms with van der Waals surface area (Å²) in [5.74, 6) is 0.548. The maximum absolute atomic E-state index is 13.4. The van der Waals surface area contributed by atoms with E-state index < -0.39 is 5.60 Å². The summed E-state index contributed by atoms with van der Waals surface area (Å²) in [6.07, 6.45) is 2.91. The standard InChI is InChI=1S/C25H34N2O4/c1-6-16-15-26-12-11-19-18-9-7-8-10-20(18)27(24(29)31-25(2,3)4)23(19)21(26)13-17(16)14-22(28)30-5/h7-10,16-17,21H,6,11-15H2,1-5H3/t16-,17+,21+/m0/s1. The lowest BCUT2D eigenvalue weighted by atomic mass is 9.76. The molecule has 1 fully saturated rings. The Morgan fingerprint density at radius 2 is 1.90 bits per heavy atom. The third kappa shape index (κ3) is 4.10. The van der Waals surface area contributed by atoms with Crippen molar-refractivity contribution in [2.24, 2.45) is 11.8 Å². The quantitative estimate of drug-likeness (QED) is 0.651. The minimum Gasteiger partial charge on any atom is -0.469 e. The molecule has 168 valence electrons. The summed E-state index contributed by atoms with van der Waals surface area (Å²) >= 11 is 0. The number of fused-ring (bicyclic) bond motifs is 5. The molecule has 3 heterocycles. The first kappa shape index (κ1) is 21.9. The lowest BCUT2D eigenvalue weighted by Gasteiger charge is -2.46. The third-order valence-electron chi connectivity index (χ3n) is 6.84. The minimum atomic E-state index is -0.572. The normalized spacial score (nSPS) is 23.8. The van der Waals surface area contributed by atoms with Gasteiger partial charge in [0, 0.05) is 24.9 Å². The highest BCUT2D eigenvalue weighted by Crippen LogP contribution is 2.46. The summed E-state index contributed by atoms with van der Waals surface area (Å²) in [6.45, 7) is 9.80. The molecule has 31 heavy (non-hydrogen) atoms. The SMILES string of the molecule is CC[C@H]1CN2CCc3c(n(C(=O)OC(C)(C)C)c4ccccc34)[C@H]2C[C@@H]1CC(=O)OC. The molecule has 0 saturated carbocycles. The molecule has 0 aliphatic carbocycles. The molecular weight excluding hydrogens is 392 g/mol. The Balaban J connectivity index is 1.80. The number of methoxy groups -OCH3 is 1. The van der Waals surface area contributed by atoms with Crippen molar-refractivity contribution in [2.75, 3.05) is 20.2 Å². The van der Waals surface area contributed by atoms with Crippen LogP contribution in [0.2, 0.25) is 0 Å². The first-order valence-electron chi connectivity index (χ1n) is 11.4. The summed E-state index contributed by atoms with van der Waals surface area (Å²) in [5, 5.41) is 1.13. The van der Waals surface area contributed by atoms with Crippen LogP contribution in [0.5, 0.6) is 0 Å². The summed E-state index contributed by atoms with van der Waals surface area (Å²) in [7, 11) is 1.46. The third-order valence-corrected chi connectivity index (χ3v) is 6.84. The van der Waals surface area contributed by atoms with E-state index in [0.717, 1.165) is 48.9 Å². The van der Waals surface area contributed by atoms with Gasteiger partial charge in [0.15, 0.2) is 0 Å². The Morgan fingerprint density at radius 3 is 2.58 bits per heavy atom. The molecule has 2 aliphatic rings. The Kier molecular flexibility index (Phi) is 5.86. The molecule has 0 N–H and O–H groups in total. The molecule has 2 aromatic rings. The van der Waals surface area contributed by atoms with Gasteiger partial charge >= 0.3 is 12.1 Å². The number of carbonyl (C=O) groups is 2. The number of aromatic nitrogens is 1. The average Bonchev–Trinajstić information content (AvgIpc) is 3.07. The number of nitrogens with zero attached hydrogens (tertiary/aromatic N) is 2. The summed E-state index contributed by atoms with van der Waals surface area (Å²) in [5.41, 5.74) is 2.63. The monoisotopic (exact) mass is 426 g/mol. The number of rotatable bonds is 3. The molecule has 3 atom stereocenters. The van der Waals surface area contributed by atoms with Crippen LogP contribution >= 0.6 is 0 Å². The van der Waals surface area contributed by atoms with Gasteiger partial charge in [-0.05, 0) is 57.1 Å². The Morgan fingerprint density at radius 1 is 1.16 bits per heavy atom. The van der Waals surface area contributed by atoms with E-state index in [-0.39, 0.29) is 24.0 Å². The van der Waals surface area contributed by atoms with E-state index in [9.17, 15) is 9.59 Å². The maximum atomic E-state index is 13.4. The Bertz CT molecular complexity index is 987. The highest BCUT2D eigenvalue weighted by Gasteiger charge is 2.42. The van der Waals surface area contributed by atoms with Crippen molar-refractivity contribution in [3.63, 3.8) is 0 Å². The topological polar surface area (TPSA) is 60.8 Å². The van der Waals surface area contributed by atoms with Gasteiger partial charge in [0.05, 0.1) is 24.4 Å². The second-order valence-electron chi connectivity index (χ2n) is 9.90. The zero-order valence-corrected chi connectivity index (χ0v) is 19.3. The van der Waals surface area contributed by atoms with Crippen molar-refractivity contribution in [3.8, 4) is 0 Å². The van der Waals surface area contributed by atoms with Crippen LogP contribution in [0.15, 0.2) is 24.3 Å². The van der Waals surface area contributed by atoms with Gasteiger partial charge in [-0.25, -0.2) is 9.36 Å². The summed E-state index contributed by atoms with van der Waals surface area (Å²) in [4.78, 5) is 28.0. The molecule has 0 radical (unpaired) electrons. The molecule has 0 unspecified atom stereocenters. The molecule has 2 aliphatic heterocycles. The predicted octanol–water partition coefficient (Wildman–Crippen LogP) is 4.93. The Labute approximate surface area is 184 Å². The van der Waals surface area contributed by atoms with Crippen molar-refractivity contribution >= 4 is 23.0 Å². The van der Waals surface area contributed by atoms with Crippen LogP contribution in [0, 0.1) is 11.8 Å². The van der Waals surface area contributed by atoms with Crippen molar-refractivity contribution in [2.45, 2.75) is 65.0 Å². The first-order valence-corrected chi connectivity index (χ1v) is 11.4. The average molecular weight is 427 g/mol. The van der Waals surface area contributed by atoms with Crippen molar-refractivity contribution in [3.05, 3.63) is 35.5 Å². The van der Waals surface area contributed by atoms with E-state index in [1.165, 1.54) is 12.7 Å². The molecule has 0 spiro atoms. The number of ether oxygens (including phenoxy) is 2. The molecule has 1 aromatic carbocycles. The fraction of sp³-hybridized carbons (Fsp3) is 0.600. The van der Waals surface area contributed by atoms with Crippen LogP contribution in [-0.2, 0) is 20.7 Å². The van der Waals surface area contributed by atoms with Crippen LogP contribution in [0.3, 0.4) is 0 Å². The van der Waals surface area contributed by atoms with E-state index in [0.29, 0.717) is 12.3 Å². The van der Waals surface area contributed by atoms with Gasteiger partial charge in [0.2, 0.25) is 0 Å². The lowest BCUT2D eigenvalue weighted by Crippen LogP contribution is -2.47. The second kappa shape index (κ2) is 8.30. The second-order valence-corrected chi connectivity index (χ2v) is 9.90. The number of benzene rings is 1. The Hall–Kier alpha value is -2.34. The van der Waals surface area contributed by atoms with Gasteiger partial charge in [-0.2, -0.15) is 0 Å². The van der Waals surface area contributed by atoms with Crippen molar-refractivity contribution in [1.82, 2.24) is 9.47 Å². The molecular formula is C25H34N2O4. The molecule has 0 bridgehead atoms. The highest BCUT2D eigenvalue weighted by atomic mass is 16.6. The van der Waals surface area contributed by atoms with Gasteiger partial charge in [-0.1, -0.05) is 31.5 Å². The van der Waals surface area contributed by atoms with Crippen LogP contribution < -0.4 is 0 Å². The minimum absolute atomic E-state index is 0.0983.